The second-order valence-electron chi connectivity index (χ2n) is 4.65. The Balaban J connectivity index is 1.99. The predicted molar refractivity (Wildman–Crippen MR) is 83.7 cm³/mol. The number of rotatable bonds is 3. The third kappa shape index (κ3) is 2.85. The zero-order chi connectivity index (χ0) is 14.8. The summed E-state index contributed by atoms with van der Waals surface area (Å²) in [4.78, 5) is 15.9. The second-order valence-corrected chi connectivity index (χ2v) is 5.48. The summed E-state index contributed by atoms with van der Waals surface area (Å²) in [5.41, 5.74) is 2.79. The minimum atomic E-state index is -0.129. The van der Waals surface area contributed by atoms with Crippen LogP contribution in [0.15, 0.2) is 41.8 Å². The van der Waals surface area contributed by atoms with Crippen molar-refractivity contribution in [2.24, 2.45) is 0 Å². The zero-order valence-corrected chi connectivity index (χ0v) is 12.5. The first-order chi connectivity index (χ1) is 10.1. The average molecular weight is 298 g/mol. The van der Waals surface area contributed by atoms with Crippen molar-refractivity contribution in [3.8, 4) is 16.4 Å². The Hall–Kier alpha value is -2.47. The normalized spacial score (nSPS) is 10.6. The highest BCUT2D eigenvalue weighted by Crippen LogP contribution is 2.26. The van der Waals surface area contributed by atoms with E-state index in [4.69, 9.17) is 0 Å². The number of nitrogens with zero attached hydrogens (tertiary/aromatic N) is 3. The van der Waals surface area contributed by atoms with Crippen LogP contribution in [0.3, 0.4) is 0 Å². The van der Waals surface area contributed by atoms with Crippen molar-refractivity contribution in [1.82, 2.24) is 14.8 Å². The van der Waals surface area contributed by atoms with Crippen LogP contribution in [0.4, 0.5) is 5.82 Å². The first-order valence-corrected chi connectivity index (χ1v) is 7.37. The van der Waals surface area contributed by atoms with Gasteiger partial charge in [-0.15, -0.1) is 11.3 Å². The van der Waals surface area contributed by atoms with E-state index in [1.54, 1.807) is 4.68 Å². The standard InChI is InChI=1S/C15H14N4OS/c1-10-8-14(16-11(2)20)19(18-10)15-17-13(9-21-15)12-6-4-3-5-7-12/h3-9H,1-2H3,(H,16,20). The van der Waals surface area contributed by atoms with Gasteiger partial charge >= 0.3 is 0 Å². The Kier molecular flexibility index (Phi) is 3.53. The van der Waals surface area contributed by atoms with Gasteiger partial charge in [-0.3, -0.25) is 4.79 Å². The molecule has 2 heterocycles. The molecule has 0 aliphatic carbocycles. The third-order valence-electron chi connectivity index (χ3n) is 2.88. The Morgan fingerprint density at radius 3 is 2.76 bits per heavy atom. The predicted octanol–water partition coefficient (Wildman–Crippen LogP) is 3.26. The molecule has 0 saturated heterocycles. The number of thiazole rings is 1. The molecule has 106 valence electrons. The summed E-state index contributed by atoms with van der Waals surface area (Å²) in [5, 5.41) is 9.87. The molecule has 0 saturated carbocycles. The number of anilines is 1. The first-order valence-electron chi connectivity index (χ1n) is 6.49. The highest BCUT2D eigenvalue weighted by molar-refractivity contribution is 7.12. The van der Waals surface area contributed by atoms with Crippen molar-refractivity contribution in [2.75, 3.05) is 5.32 Å². The van der Waals surface area contributed by atoms with Crippen LogP contribution in [0.5, 0.6) is 0 Å². The molecule has 3 rings (SSSR count). The topological polar surface area (TPSA) is 59.8 Å². The SMILES string of the molecule is CC(=O)Nc1cc(C)nn1-c1nc(-c2ccccc2)cs1. The fourth-order valence-electron chi connectivity index (χ4n) is 2.02. The molecular weight excluding hydrogens is 284 g/mol. The van der Waals surface area contributed by atoms with Crippen LogP contribution < -0.4 is 5.32 Å². The molecule has 0 unspecified atom stereocenters. The van der Waals surface area contributed by atoms with E-state index in [0.717, 1.165) is 22.1 Å². The summed E-state index contributed by atoms with van der Waals surface area (Å²) < 4.78 is 1.66. The maximum Gasteiger partial charge on any atom is 0.222 e. The van der Waals surface area contributed by atoms with Crippen molar-refractivity contribution in [3.63, 3.8) is 0 Å². The first kappa shape index (κ1) is 13.5. The van der Waals surface area contributed by atoms with Gasteiger partial charge in [-0.1, -0.05) is 30.3 Å². The third-order valence-corrected chi connectivity index (χ3v) is 3.69. The van der Waals surface area contributed by atoms with Gasteiger partial charge in [-0.25, -0.2) is 4.98 Å². The molecule has 5 nitrogen and oxygen atoms in total. The minimum absolute atomic E-state index is 0.129. The summed E-state index contributed by atoms with van der Waals surface area (Å²) in [6.45, 7) is 3.36. The number of nitrogens with one attached hydrogen (secondary N) is 1. The van der Waals surface area contributed by atoms with E-state index in [2.05, 4.69) is 15.4 Å². The quantitative estimate of drug-likeness (QED) is 0.807. The van der Waals surface area contributed by atoms with Crippen LogP contribution in [-0.2, 0) is 4.79 Å². The molecule has 1 aromatic carbocycles. The number of amides is 1. The van der Waals surface area contributed by atoms with Gasteiger partial charge in [0, 0.05) is 23.9 Å². The number of aromatic nitrogens is 3. The van der Waals surface area contributed by atoms with E-state index in [1.165, 1.54) is 18.3 Å². The lowest BCUT2D eigenvalue weighted by Crippen LogP contribution is -2.10. The molecule has 1 N–H and O–H groups in total. The molecule has 2 aromatic heterocycles. The van der Waals surface area contributed by atoms with Crippen LogP contribution in [0.2, 0.25) is 0 Å². The van der Waals surface area contributed by atoms with Gasteiger partial charge in [0.2, 0.25) is 11.0 Å². The van der Waals surface area contributed by atoms with Crippen LogP contribution in [0.1, 0.15) is 12.6 Å². The molecule has 1 amide bonds. The molecular formula is C15H14N4OS. The van der Waals surface area contributed by atoms with Gasteiger partial charge < -0.3 is 5.32 Å². The Morgan fingerprint density at radius 2 is 2.05 bits per heavy atom. The molecule has 3 aromatic rings. The van der Waals surface area contributed by atoms with E-state index < -0.39 is 0 Å². The van der Waals surface area contributed by atoms with Gasteiger partial charge in [0.25, 0.3) is 0 Å². The molecule has 0 spiro atoms. The van der Waals surface area contributed by atoms with Crippen LogP contribution in [0, 0.1) is 6.92 Å². The molecule has 21 heavy (non-hydrogen) atoms. The van der Waals surface area contributed by atoms with Crippen LogP contribution in [0.25, 0.3) is 16.4 Å². The largest absolute Gasteiger partial charge is 0.311 e. The summed E-state index contributed by atoms with van der Waals surface area (Å²) in [7, 11) is 0. The van der Waals surface area contributed by atoms with Crippen LogP contribution >= 0.6 is 11.3 Å². The van der Waals surface area contributed by atoms with E-state index in [0.29, 0.717) is 5.82 Å². The van der Waals surface area contributed by atoms with Gasteiger partial charge in [0.05, 0.1) is 11.4 Å². The zero-order valence-electron chi connectivity index (χ0n) is 11.7. The maximum absolute atomic E-state index is 11.3. The van der Waals surface area contributed by atoms with Gasteiger partial charge in [-0.2, -0.15) is 9.78 Å². The number of carbonyl (C=O) groups excluding carboxylic acids is 1. The number of aryl methyl sites for hydroxylation is 1. The Bertz CT molecular complexity index is 776. The van der Waals surface area contributed by atoms with Gasteiger partial charge in [0.1, 0.15) is 5.82 Å². The summed E-state index contributed by atoms with van der Waals surface area (Å²) in [6, 6.07) is 11.8. The second kappa shape index (κ2) is 5.49. The number of benzene rings is 1. The van der Waals surface area contributed by atoms with Crippen molar-refractivity contribution in [3.05, 3.63) is 47.5 Å². The molecule has 0 bridgehead atoms. The average Bonchev–Trinajstić information content (AvgIpc) is 3.06. The fraction of sp³-hybridized carbons (Fsp3) is 0.133. The Morgan fingerprint density at radius 1 is 1.29 bits per heavy atom. The highest BCUT2D eigenvalue weighted by atomic mass is 32.1. The summed E-state index contributed by atoms with van der Waals surface area (Å²) >= 11 is 1.49. The highest BCUT2D eigenvalue weighted by Gasteiger charge is 2.12. The van der Waals surface area contributed by atoms with E-state index >= 15 is 0 Å². The lowest BCUT2D eigenvalue weighted by atomic mass is 10.2. The van der Waals surface area contributed by atoms with Gasteiger partial charge in [0.15, 0.2) is 0 Å². The lowest BCUT2D eigenvalue weighted by Gasteiger charge is -2.03. The number of hydrogen-bond acceptors (Lipinski definition) is 4. The molecule has 0 aliphatic rings. The van der Waals surface area contributed by atoms with Crippen LogP contribution in [-0.4, -0.2) is 20.7 Å². The van der Waals surface area contributed by atoms with Crippen molar-refractivity contribution < 1.29 is 4.79 Å². The van der Waals surface area contributed by atoms with E-state index in [9.17, 15) is 4.79 Å². The number of carbonyl (C=O) groups is 1. The molecule has 0 atom stereocenters. The Labute approximate surface area is 126 Å². The molecule has 0 aliphatic heterocycles. The van der Waals surface area contributed by atoms with Gasteiger partial charge in [-0.05, 0) is 6.92 Å². The molecule has 6 heteroatoms. The summed E-state index contributed by atoms with van der Waals surface area (Å²) in [5.74, 6) is 0.505. The number of hydrogen-bond donors (Lipinski definition) is 1. The molecule has 0 radical (unpaired) electrons. The maximum atomic E-state index is 11.3. The van der Waals surface area contributed by atoms with Crippen molar-refractivity contribution in [1.29, 1.82) is 0 Å². The van der Waals surface area contributed by atoms with Crippen molar-refractivity contribution in [2.45, 2.75) is 13.8 Å². The van der Waals surface area contributed by atoms with Crippen molar-refractivity contribution >= 4 is 23.1 Å². The smallest absolute Gasteiger partial charge is 0.222 e. The monoisotopic (exact) mass is 298 g/mol. The van der Waals surface area contributed by atoms with E-state index in [1.807, 2.05) is 48.7 Å². The minimum Gasteiger partial charge on any atom is -0.311 e. The summed E-state index contributed by atoms with van der Waals surface area (Å²) in [6.07, 6.45) is 0. The van der Waals surface area contributed by atoms with E-state index in [-0.39, 0.29) is 5.91 Å². The lowest BCUT2D eigenvalue weighted by molar-refractivity contribution is -0.114. The molecule has 0 fully saturated rings. The fourth-order valence-corrected chi connectivity index (χ4v) is 2.81.